The molecule has 0 radical (unpaired) electrons. The van der Waals surface area contributed by atoms with E-state index in [-0.39, 0.29) is 0 Å². The van der Waals surface area contributed by atoms with E-state index in [9.17, 15) is 0 Å². The molecule has 0 heterocycles. The van der Waals surface area contributed by atoms with Crippen molar-refractivity contribution in [3.05, 3.63) is 0 Å². The topological polar surface area (TPSA) is 38.0 Å². The quantitative estimate of drug-likeness (QED) is 0.604. The van der Waals surface area contributed by atoms with Crippen LogP contribution in [0.1, 0.15) is 38.5 Å². The molecule has 0 saturated heterocycles. The fraction of sp³-hybridized carbons (Fsp3) is 1.00. The summed E-state index contributed by atoms with van der Waals surface area (Å²) in [6, 6.07) is 0.765. The van der Waals surface area contributed by atoms with E-state index < -0.39 is 0 Å². The van der Waals surface area contributed by atoms with E-state index in [1.165, 1.54) is 38.5 Å². The zero-order valence-corrected chi connectivity index (χ0v) is 7.31. The lowest BCUT2D eigenvalue weighted by molar-refractivity contribution is 0.466. The summed E-state index contributed by atoms with van der Waals surface area (Å²) in [7, 11) is 0. The molecule has 1 aliphatic rings. The minimum absolute atomic E-state index is 0.765. The van der Waals surface area contributed by atoms with Crippen molar-refractivity contribution in [2.45, 2.75) is 44.6 Å². The molecule has 0 atom stereocenters. The second kappa shape index (κ2) is 5.56. The highest BCUT2D eigenvalue weighted by molar-refractivity contribution is 4.70. The Morgan fingerprint density at radius 2 is 1.73 bits per heavy atom. The highest BCUT2D eigenvalue weighted by Gasteiger charge is 2.09. The Bertz CT molecular complexity index is 85.6. The smallest absolute Gasteiger partial charge is 0.00770 e. The van der Waals surface area contributed by atoms with Gasteiger partial charge in [0.2, 0.25) is 0 Å². The van der Waals surface area contributed by atoms with Gasteiger partial charge in [-0.15, -0.1) is 0 Å². The first-order valence-corrected chi connectivity index (χ1v) is 4.87. The Morgan fingerprint density at radius 3 is 2.27 bits per heavy atom. The lowest BCUT2D eigenvalue weighted by atomic mass is 10.1. The van der Waals surface area contributed by atoms with Crippen LogP contribution < -0.4 is 11.1 Å². The molecule has 0 aromatic heterocycles. The molecule has 2 nitrogen and oxygen atoms in total. The van der Waals surface area contributed by atoms with E-state index in [1.54, 1.807) is 0 Å². The molecule has 0 aromatic rings. The van der Waals surface area contributed by atoms with Crippen LogP contribution in [0.25, 0.3) is 0 Å². The van der Waals surface area contributed by atoms with Crippen LogP contribution >= 0.6 is 0 Å². The lowest BCUT2D eigenvalue weighted by Gasteiger charge is -2.14. The van der Waals surface area contributed by atoms with E-state index in [4.69, 9.17) is 5.73 Å². The van der Waals surface area contributed by atoms with Crippen molar-refractivity contribution in [1.29, 1.82) is 0 Å². The molecule has 0 aromatic carbocycles. The van der Waals surface area contributed by atoms with Crippen LogP contribution in [-0.2, 0) is 0 Å². The van der Waals surface area contributed by atoms with Crippen LogP contribution in [0.5, 0.6) is 0 Å². The van der Waals surface area contributed by atoms with Gasteiger partial charge in [-0.05, 0) is 12.8 Å². The fourth-order valence-electron chi connectivity index (χ4n) is 1.77. The normalized spacial score (nSPS) is 21.5. The summed E-state index contributed by atoms with van der Waals surface area (Å²) in [6.45, 7) is 1.77. The third-order valence-electron chi connectivity index (χ3n) is 2.43. The van der Waals surface area contributed by atoms with Crippen LogP contribution in [0.15, 0.2) is 0 Å². The maximum absolute atomic E-state index is 5.42. The predicted molar refractivity (Wildman–Crippen MR) is 48.5 cm³/mol. The van der Waals surface area contributed by atoms with Crippen LogP contribution in [0.2, 0.25) is 0 Å². The standard InChI is InChI=1S/C9H20N2/c10-7-8-11-9-5-3-1-2-4-6-9/h9,11H,1-8,10H2. The van der Waals surface area contributed by atoms with Gasteiger partial charge in [0.1, 0.15) is 0 Å². The van der Waals surface area contributed by atoms with Gasteiger partial charge in [0.25, 0.3) is 0 Å². The molecule has 0 bridgehead atoms. The summed E-state index contributed by atoms with van der Waals surface area (Å²) >= 11 is 0. The maximum atomic E-state index is 5.42. The molecule has 0 amide bonds. The minimum atomic E-state index is 0.765. The average Bonchev–Trinajstić information content (AvgIpc) is 2.28. The average molecular weight is 156 g/mol. The van der Waals surface area contributed by atoms with Crippen molar-refractivity contribution in [2.75, 3.05) is 13.1 Å². The molecule has 0 unspecified atom stereocenters. The molecule has 3 N–H and O–H groups in total. The van der Waals surface area contributed by atoms with E-state index in [1.807, 2.05) is 0 Å². The molecular formula is C9H20N2. The first-order valence-electron chi connectivity index (χ1n) is 4.87. The number of rotatable bonds is 3. The molecule has 2 heteroatoms. The Morgan fingerprint density at radius 1 is 1.09 bits per heavy atom. The zero-order valence-electron chi connectivity index (χ0n) is 7.31. The van der Waals surface area contributed by atoms with Gasteiger partial charge in [0.05, 0.1) is 0 Å². The molecule has 1 rings (SSSR count). The maximum Gasteiger partial charge on any atom is 0.00770 e. The summed E-state index contributed by atoms with van der Waals surface area (Å²) in [5.74, 6) is 0. The SMILES string of the molecule is NCCNC1CCCCCC1. The van der Waals surface area contributed by atoms with E-state index >= 15 is 0 Å². The molecule has 11 heavy (non-hydrogen) atoms. The van der Waals surface area contributed by atoms with Crippen LogP contribution in [-0.4, -0.2) is 19.1 Å². The van der Waals surface area contributed by atoms with Gasteiger partial charge in [-0.3, -0.25) is 0 Å². The summed E-state index contributed by atoms with van der Waals surface area (Å²) in [6.07, 6.45) is 8.39. The third-order valence-corrected chi connectivity index (χ3v) is 2.43. The van der Waals surface area contributed by atoms with Gasteiger partial charge in [-0.25, -0.2) is 0 Å². The summed E-state index contributed by atoms with van der Waals surface area (Å²) in [4.78, 5) is 0. The lowest BCUT2D eigenvalue weighted by Crippen LogP contribution is -2.32. The number of nitrogens with two attached hydrogens (primary N) is 1. The van der Waals surface area contributed by atoms with Gasteiger partial charge in [0.15, 0.2) is 0 Å². The monoisotopic (exact) mass is 156 g/mol. The second-order valence-electron chi connectivity index (χ2n) is 3.43. The molecule has 66 valence electrons. The van der Waals surface area contributed by atoms with Gasteiger partial charge >= 0.3 is 0 Å². The Kier molecular flexibility index (Phi) is 4.55. The first kappa shape index (κ1) is 9.01. The molecule has 1 fully saturated rings. The zero-order chi connectivity index (χ0) is 7.94. The van der Waals surface area contributed by atoms with Crippen molar-refractivity contribution in [3.63, 3.8) is 0 Å². The minimum Gasteiger partial charge on any atom is -0.329 e. The Hall–Kier alpha value is -0.0800. The fourth-order valence-corrected chi connectivity index (χ4v) is 1.77. The summed E-state index contributed by atoms with van der Waals surface area (Å²) in [5.41, 5.74) is 5.42. The summed E-state index contributed by atoms with van der Waals surface area (Å²) < 4.78 is 0. The van der Waals surface area contributed by atoms with Crippen LogP contribution in [0.3, 0.4) is 0 Å². The van der Waals surface area contributed by atoms with E-state index in [0.717, 1.165) is 19.1 Å². The van der Waals surface area contributed by atoms with Crippen molar-refractivity contribution >= 4 is 0 Å². The highest BCUT2D eigenvalue weighted by atomic mass is 14.9. The van der Waals surface area contributed by atoms with Crippen molar-refractivity contribution in [1.82, 2.24) is 5.32 Å². The number of hydrogen-bond donors (Lipinski definition) is 2. The Balaban J connectivity index is 2.09. The van der Waals surface area contributed by atoms with Gasteiger partial charge in [-0.1, -0.05) is 25.7 Å². The number of nitrogens with one attached hydrogen (secondary N) is 1. The summed E-state index contributed by atoms with van der Waals surface area (Å²) in [5, 5.41) is 3.49. The molecule has 1 aliphatic carbocycles. The third kappa shape index (κ3) is 3.73. The van der Waals surface area contributed by atoms with Gasteiger partial charge in [0, 0.05) is 19.1 Å². The largest absolute Gasteiger partial charge is 0.329 e. The Labute approximate surface area is 69.5 Å². The second-order valence-corrected chi connectivity index (χ2v) is 3.43. The molecule has 1 saturated carbocycles. The van der Waals surface area contributed by atoms with Gasteiger partial charge in [-0.2, -0.15) is 0 Å². The van der Waals surface area contributed by atoms with E-state index in [0.29, 0.717) is 0 Å². The van der Waals surface area contributed by atoms with Crippen molar-refractivity contribution < 1.29 is 0 Å². The first-order chi connectivity index (χ1) is 5.43. The number of hydrogen-bond acceptors (Lipinski definition) is 2. The van der Waals surface area contributed by atoms with Crippen LogP contribution in [0, 0.1) is 0 Å². The van der Waals surface area contributed by atoms with Crippen LogP contribution in [0.4, 0.5) is 0 Å². The molecule has 0 aliphatic heterocycles. The van der Waals surface area contributed by atoms with Crippen molar-refractivity contribution in [3.8, 4) is 0 Å². The molecule has 0 spiro atoms. The highest BCUT2D eigenvalue weighted by Crippen LogP contribution is 2.16. The van der Waals surface area contributed by atoms with Gasteiger partial charge < -0.3 is 11.1 Å². The predicted octanol–water partition coefficient (Wildman–Crippen LogP) is 1.26. The van der Waals surface area contributed by atoms with Crippen molar-refractivity contribution in [2.24, 2.45) is 5.73 Å². The van der Waals surface area contributed by atoms with E-state index in [2.05, 4.69) is 5.32 Å². The molecular weight excluding hydrogens is 136 g/mol.